The first-order chi connectivity index (χ1) is 5.41. The molecule has 11 heavy (non-hydrogen) atoms. The van der Waals surface area contributed by atoms with Crippen molar-refractivity contribution in [2.75, 3.05) is 13.2 Å². The van der Waals surface area contributed by atoms with Gasteiger partial charge in [0.1, 0.15) is 13.2 Å². The van der Waals surface area contributed by atoms with E-state index in [2.05, 4.69) is 17.5 Å². The van der Waals surface area contributed by atoms with Crippen LogP contribution in [0.4, 0.5) is 0 Å². The van der Waals surface area contributed by atoms with Crippen molar-refractivity contribution in [2.24, 2.45) is 10.6 Å². The summed E-state index contributed by atoms with van der Waals surface area (Å²) in [7, 11) is 0. The Kier molecular flexibility index (Phi) is 8.53. The Morgan fingerprint density at radius 2 is 1.55 bits per heavy atom. The highest BCUT2D eigenvalue weighted by Crippen LogP contribution is 1.89. The fraction of sp³-hybridized carbons (Fsp3) is 1.00. The summed E-state index contributed by atoms with van der Waals surface area (Å²) in [6, 6.07) is 0. The maximum atomic E-state index is 4.75. The van der Waals surface area contributed by atoms with Gasteiger partial charge in [0.05, 0.1) is 10.6 Å². The SMILES string of the molecule is CCCCON=NOCCC. The zero-order chi connectivity index (χ0) is 8.36. The monoisotopic (exact) mass is 160 g/mol. The van der Waals surface area contributed by atoms with Gasteiger partial charge in [-0.1, -0.05) is 20.3 Å². The summed E-state index contributed by atoms with van der Waals surface area (Å²) < 4.78 is 0. The van der Waals surface area contributed by atoms with Gasteiger partial charge in [-0.25, -0.2) is 0 Å². The molecule has 0 atom stereocenters. The molecule has 0 amide bonds. The van der Waals surface area contributed by atoms with Crippen LogP contribution >= 0.6 is 0 Å². The summed E-state index contributed by atoms with van der Waals surface area (Å²) in [4.78, 5) is 9.45. The summed E-state index contributed by atoms with van der Waals surface area (Å²) in [6.07, 6.45) is 3.05. The molecule has 0 aliphatic rings. The van der Waals surface area contributed by atoms with Crippen LogP contribution in [0.3, 0.4) is 0 Å². The minimum Gasteiger partial charge on any atom is -0.377 e. The van der Waals surface area contributed by atoms with Gasteiger partial charge in [0.25, 0.3) is 0 Å². The highest BCUT2D eigenvalue weighted by molar-refractivity contribution is 4.26. The van der Waals surface area contributed by atoms with Crippen LogP contribution in [0.5, 0.6) is 0 Å². The Morgan fingerprint density at radius 1 is 0.909 bits per heavy atom. The average molecular weight is 160 g/mol. The van der Waals surface area contributed by atoms with E-state index in [1.165, 1.54) is 0 Å². The van der Waals surface area contributed by atoms with Gasteiger partial charge >= 0.3 is 0 Å². The highest BCUT2D eigenvalue weighted by atomic mass is 16.7. The van der Waals surface area contributed by atoms with E-state index in [1.807, 2.05) is 6.92 Å². The number of rotatable bonds is 7. The molecule has 0 spiro atoms. The smallest absolute Gasteiger partial charge is 0.119 e. The Morgan fingerprint density at radius 3 is 2.09 bits per heavy atom. The first-order valence-electron chi connectivity index (χ1n) is 4.06. The standard InChI is InChI=1S/C7H16N2O2/c1-3-5-7-11-9-8-10-6-4-2/h3-7H2,1-2H3. The summed E-state index contributed by atoms with van der Waals surface area (Å²) in [6.45, 7) is 5.32. The van der Waals surface area contributed by atoms with Gasteiger partial charge in [-0.05, 0) is 12.8 Å². The molecule has 4 heteroatoms. The van der Waals surface area contributed by atoms with Crippen molar-refractivity contribution in [3.63, 3.8) is 0 Å². The van der Waals surface area contributed by atoms with Crippen LogP contribution in [0.2, 0.25) is 0 Å². The van der Waals surface area contributed by atoms with Crippen LogP contribution in [0.25, 0.3) is 0 Å². The molecule has 0 aliphatic heterocycles. The minimum atomic E-state index is 0.598. The Balaban J connectivity index is 2.91. The van der Waals surface area contributed by atoms with Crippen molar-refractivity contribution in [3.05, 3.63) is 0 Å². The van der Waals surface area contributed by atoms with Gasteiger partial charge in [0, 0.05) is 0 Å². The lowest BCUT2D eigenvalue weighted by atomic mass is 10.4. The van der Waals surface area contributed by atoms with E-state index < -0.39 is 0 Å². The predicted molar refractivity (Wildman–Crippen MR) is 42.0 cm³/mol. The zero-order valence-corrected chi connectivity index (χ0v) is 7.25. The molecule has 0 aromatic carbocycles. The molecule has 0 saturated heterocycles. The van der Waals surface area contributed by atoms with Crippen LogP contribution in [0, 0.1) is 0 Å². The summed E-state index contributed by atoms with van der Waals surface area (Å²) >= 11 is 0. The van der Waals surface area contributed by atoms with Gasteiger partial charge in [-0.3, -0.25) is 0 Å². The molecule has 0 rings (SSSR count). The first-order valence-corrected chi connectivity index (χ1v) is 4.06. The van der Waals surface area contributed by atoms with E-state index in [-0.39, 0.29) is 0 Å². The number of unbranched alkanes of at least 4 members (excludes halogenated alkanes) is 1. The molecular weight excluding hydrogens is 144 g/mol. The van der Waals surface area contributed by atoms with Crippen LogP contribution in [-0.4, -0.2) is 13.2 Å². The van der Waals surface area contributed by atoms with Gasteiger partial charge in [-0.2, -0.15) is 0 Å². The first kappa shape index (κ1) is 10.2. The average Bonchev–Trinajstić information content (AvgIpc) is 2.03. The van der Waals surface area contributed by atoms with E-state index >= 15 is 0 Å². The molecule has 0 unspecified atom stereocenters. The normalized spacial score (nSPS) is 10.4. The number of hydrogen-bond donors (Lipinski definition) is 0. The lowest BCUT2D eigenvalue weighted by Crippen LogP contribution is -1.86. The van der Waals surface area contributed by atoms with Gasteiger partial charge in [-0.15, -0.1) is 0 Å². The second-order valence-electron chi connectivity index (χ2n) is 2.18. The molecule has 0 aromatic heterocycles. The fourth-order valence-electron chi connectivity index (χ4n) is 0.429. The van der Waals surface area contributed by atoms with E-state index in [0.29, 0.717) is 13.2 Å². The van der Waals surface area contributed by atoms with E-state index in [1.54, 1.807) is 0 Å². The van der Waals surface area contributed by atoms with E-state index in [9.17, 15) is 0 Å². The fourth-order valence-corrected chi connectivity index (χ4v) is 0.429. The third kappa shape index (κ3) is 9.20. The highest BCUT2D eigenvalue weighted by Gasteiger charge is 1.82. The molecular formula is C7H16N2O2. The molecule has 0 aromatic rings. The van der Waals surface area contributed by atoms with Crippen molar-refractivity contribution in [2.45, 2.75) is 33.1 Å². The predicted octanol–water partition coefficient (Wildman–Crippen LogP) is 2.51. The van der Waals surface area contributed by atoms with Crippen LogP contribution in [0.15, 0.2) is 10.6 Å². The van der Waals surface area contributed by atoms with E-state index in [0.717, 1.165) is 19.3 Å². The van der Waals surface area contributed by atoms with Crippen LogP contribution in [-0.2, 0) is 9.68 Å². The maximum Gasteiger partial charge on any atom is 0.119 e. The molecule has 0 heterocycles. The van der Waals surface area contributed by atoms with Crippen molar-refractivity contribution < 1.29 is 9.68 Å². The lowest BCUT2D eigenvalue weighted by Gasteiger charge is -1.94. The Hall–Kier alpha value is -0.800. The summed E-state index contributed by atoms with van der Waals surface area (Å²) in [5.74, 6) is 0. The van der Waals surface area contributed by atoms with Crippen molar-refractivity contribution in [1.29, 1.82) is 0 Å². The quantitative estimate of drug-likeness (QED) is 0.326. The maximum absolute atomic E-state index is 4.75. The molecule has 0 N–H and O–H groups in total. The Labute approximate surface area is 67.5 Å². The molecule has 4 nitrogen and oxygen atoms in total. The van der Waals surface area contributed by atoms with Crippen molar-refractivity contribution in [3.8, 4) is 0 Å². The lowest BCUT2D eigenvalue weighted by molar-refractivity contribution is 0.0400. The summed E-state index contributed by atoms with van der Waals surface area (Å²) in [5, 5.41) is 6.68. The molecule has 0 radical (unpaired) electrons. The summed E-state index contributed by atoms with van der Waals surface area (Å²) in [5.41, 5.74) is 0. The second kappa shape index (κ2) is 9.20. The number of hydrogen-bond acceptors (Lipinski definition) is 4. The molecule has 66 valence electrons. The zero-order valence-electron chi connectivity index (χ0n) is 7.25. The molecule has 0 bridgehead atoms. The second-order valence-corrected chi connectivity index (χ2v) is 2.18. The van der Waals surface area contributed by atoms with Crippen molar-refractivity contribution in [1.82, 2.24) is 0 Å². The van der Waals surface area contributed by atoms with Gasteiger partial charge in [0.15, 0.2) is 0 Å². The van der Waals surface area contributed by atoms with Gasteiger partial charge < -0.3 is 9.68 Å². The Bertz CT molecular complexity index is 96.4. The van der Waals surface area contributed by atoms with Gasteiger partial charge in [0.2, 0.25) is 0 Å². The van der Waals surface area contributed by atoms with Crippen molar-refractivity contribution >= 4 is 0 Å². The van der Waals surface area contributed by atoms with Crippen LogP contribution in [0.1, 0.15) is 33.1 Å². The largest absolute Gasteiger partial charge is 0.377 e. The third-order valence-corrected chi connectivity index (χ3v) is 1.03. The third-order valence-electron chi connectivity index (χ3n) is 1.03. The van der Waals surface area contributed by atoms with Crippen LogP contribution < -0.4 is 0 Å². The number of nitrogens with zero attached hydrogens (tertiary/aromatic N) is 2. The van der Waals surface area contributed by atoms with E-state index in [4.69, 9.17) is 9.68 Å². The topological polar surface area (TPSA) is 43.2 Å². The molecule has 0 aliphatic carbocycles. The molecule has 0 saturated carbocycles. The minimum absolute atomic E-state index is 0.598. The molecule has 0 fully saturated rings.